The number of hydrogen-bond acceptors (Lipinski definition) is 4. The highest BCUT2D eigenvalue weighted by atomic mass is 16.5. The zero-order valence-electron chi connectivity index (χ0n) is 15.2. The molecule has 4 nitrogen and oxygen atoms in total. The molecule has 0 amide bonds. The van der Waals surface area contributed by atoms with Gasteiger partial charge in [-0.3, -0.25) is 4.79 Å². The molecule has 0 bridgehead atoms. The van der Waals surface area contributed by atoms with Gasteiger partial charge in [-0.25, -0.2) is 0 Å². The molecule has 1 aromatic rings. The molecule has 1 aromatic carbocycles. The number of aliphatic hydroxyl groups excluding tert-OH is 1. The van der Waals surface area contributed by atoms with E-state index >= 15 is 0 Å². The number of carbonyl (C=O) groups is 1. The average Bonchev–Trinajstić information content (AvgIpc) is 2.53. The molecule has 22 heavy (non-hydrogen) atoms. The first-order valence-electron chi connectivity index (χ1n) is 8.00. The summed E-state index contributed by atoms with van der Waals surface area (Å²) < 4.78 is 4.40. The van der Waals surface area contributed by atoms with Crippen LogP contribution in [0.15, 0.2) is 36.4 Å². The fraction of sp³-hybridized carbons (Fsp3) is 0.611. The topological polar surface area (TPSA) is 49.8 Å². The Bertz CT molecular complexity index is 255. The Labute approximate surface area is 137 Å². The minimum Gasteiger partial charge on any atom is -0.466 e. The fourth-order valence-electron chi connectivity index (χ4n) is 1.26. The number of esters is 1. The van der Waals surface area contributed by atoms with E-state index in [1.165, 1.54) is 26.6 Å². The molecule has 4 heteroatoms. The van der Waals surface area contributed by atoms with Gasteiger partial charge in [0.25, 0.3) is 0 Å². The van der Waals surface area contributed by atoms with Crippen LogP contribution in [0.3, 0.4) is 0 Å². The number of nitrogens with zero attached hydrogens (tertiary/aromatic N) is 1. The molecular weight excluding hydrogens is 278 g/mol. The van der Waals surface area contributed by atoms with E-state index in [4.69, 9.17) is 5.11 Å². The van der Waals surface area contributed by atoms with Crippen molar-refractivity contribution in [2.75, 3.05) is 32.8 Å². The van der Waals surface area contributed by atoms with E-state index < -0.39 is 0 Å². The number of hydrogen-bond donors (Lipinski definition) is 1. The SMILES string of the molecule is CCN(CC)CC.CCO.CCOC(C)=O.c1ccccc1. The molecule has 130 valence electrons. The first kappa shape index (κ1) is 25.6. The van der Waals surface area contributed by atoms with Crippen molar-refractivity contribution < 1.29 is 14.6 Å². The second kappa shape index (κ2) is 24.6. The summed E-state index contributed by atoms with van der Waals surface area (Å²) in [6.45, 7) is 15.7. The van der Waals surface area contributed by atoms with Crippen LogP contribution in [0, 0.1) is 0 Å². The lowest BCUT2D eigenvalue weighted by atomic mass is 10.4. The van der Waals surface area contributed by atoms with Gasteiger partial charge in [-0.15, -0.1) is 0 Å². The highest BCUT2D eigenvalue weighted by Gasteiger charge is 1.89. The Hall–Kier alpha value is -1.39. The summed E-state index contributed by atoms with van der Waals surface area (Å²) >= 11 is 0. The lowest BCUT2D eigenvalue weighted by Crippen LogP contribution is -2.21. The molecule has 0 radical (unpaired) electrons. The normalized spacial score (nSPS) is 8.36. The summed E-state index contributed by atoms with van der Waals surface area (Å²) in [6, 6.07) is 12.0. The molecule has 0 saturated heterocycles. The van der Waals surface area contributed by atoms with Crippen LogP contribution in [-0.4, -0.2) is 48.8 Å². The highest BCUT2D eigenvalue weighted by molar-refractivity contribution is 5.65. The second-order valence-electron chi connectivity index (χ2n) is 4.02. The molecule has 1 N–H and O–H groups in total. The Balaban J connectivity index is -0.000000227. The summed E-state index contributed by atoms with van der Waals surface area (Å²) in [5.74, 6) is -0.211. The zero-order valence-corrected chi connectivity index (χ0v) is 15.2. The molecule has 0 aliphatic rings. The van der Waals surface area contributed by atoms with Crippen molar-refractivity contribution >= 4 is 5.97 Å². The Kier molecular flexibility index (Phi) is 28.6. The van der Waals surface area contributed by atoms with Crippen molar-refractivity contribution in [2.45, 2.75) is 41.5 Å². The Morgan fingerprint density at radius 1 is 0.864 bits per heavy atom. The maximum atomic E-state index is 9.82. The van der Waals surface area contributed by atoms with E-state index in [1.807, 2.05) is 36.4 Å². The van der Waals surface area contributed by atoms with E-state index in [1.54, 1.807) is 13.8 Å². The zero-order chi connectivity index (χ0) is 17.6. The van der Waals surface area contributed by atoms with Crippen LogP contribution in [0.5, 0.6) is 0 Å². The first-order chi connectivity index (χ1) is 10.5. The number of benzene rings is 1. The summed E-state index contributed by atoms with van der Waals surface area (Å²) in [4.78, 5) is 12.2. The molecule has 0 saturated carbocycles. The van der Waals surface area contributed by atoms with E-state index in [2.05, 4.69) is 30.4 Å². The second-order valence-corrected chi connectivity index (χ2v) is 4.02. The third kappa shape index (κ3) is 31.2. The standard InChI is InChI=1S/C6H15N.C6H6.C4H8O2.C2H6O/c1-4-7(5-2)6-3;1-2-4-6-5-3-1;1-3-6-4(2)5;1-2-3/h4-6H2,1-3H3;1-6H;3H2,1-2H3;3H,2H2,1H3. The monoisotopic (exact) mass is 313 g/mol. The van der Waals surface area contributed by atoms with Gasteiger partial charge in [-0.1, -0.05) is 57.2 Å². The van der Waals surface area contributed by atoms with Crippen LogP contribution in [0.1, 0.15) is 41.5 Å². The Morgan fingerprint density at radius 2 is 1.14 bits per heavy atom. The Morgan fingerprint density at radius 3 is 1.18 bits per heavy atom. The smallest absolute Gasteiger partial charge is 0.302 e. The van der Waals surface area contributed by atoms with E-state index in [0.29, 0.717) is 6.61 Å². The van der Waals surface area contributed by atoms with Crippen LogP contribution in [0.4, 0.5) is 0 Å². The minimum absolute atomic E-state index is 0.211. The molecule has 1 rings (SSSR count). The third-order valence-corrected chi connectivity index (χ3v) is 2.36. The van der Waals surface area contributed by atoms with Crippen molar-refractivity contribution in [1.82, 2.24) is 4.90 Å². The largest absolute Gasteiger partial charge is 0.466 e. The maximum Gasteiger partial charge on any atom is 0.302 e. The number of ether oxygens (including phenoxy) is 1. The van der Waals surface area contributed by atoms with Gasteiger partial charge in [0.2, 0.25) is 0 Å². The van der Waals surface area contributed by atoms with Gasteiger partial charge in [0, 0.05) is 13.5 Å². The summed E-state index contributed by atoms with van der Waals surface area (Å²) in [5, 5.41) is 7.57. The molecule has 0 aliphatic carbocycles. The minimum atomic E-state index is -0.211. The molecule has 0 aromatic heterocycles. The molecular formula is C18H35NO3. The lowest BCUT2D eigenvalue weighted by molar-refractivity contribution is -0.140. The molecule has 0 unspecified atom stereocenters. The van der Waals surface area contributed by atoms with Gasteiger partial charge in [0.05, 0.1) is 6.61 Å². The molecule has 0 heterocycles. The number of carbonyl (C=O) groups excluding carboxylic acids is 1. The molecule has 0 fully saturated rings. The van der Waals surface area contributed by atoms with Crippen molar-refractivity contribution in [1.29, 1.82) is 0 Å². The summed E-state index contributed by atoms with van der Waals surface area (Å²) in [6.07, 6.45) is 0. The van der Waals surface area contributed by atoms with Crippen molar-refractivity contribution in [3.63, 3.8) is 0 Å². The number of aliphatic hydroxyl groups is 1. The highest BCUT2D eigenvalue weighted by Crippen LogP contribution is 1.81. The van der Waals surface area contributed by atoms with Crippen LogP contribution in [0.2, 0.25) is 0 Å². The van der Waals surface area contributed by atoms with Gasteiger partial charge >= 0.3 is 5.97 Å². The molecule has 0 atom stereocenters. The van der Waals surface area contributed by atoms with Crippen LogP contribution >= 0.6 is 0 Å². The van der Waals surface area contributed by atoms with Crippen LogP contribution < -0.4 is 0 Å². The first-order valence-corrected chi connectivity index (χ1v) is 8.00. The summed E-state index contributed by atoms with van der Waals surface area (Å²) in [5.41, 5.74) is 0. The summed E-state index contributed by atoms with van der Waals surface area (Å²) in [7, 11) is 0. The average molecular weight is 313 g/mol. The predicted octanol–water partition coefficient (Wildman–Crippen LogP) is 3.60. The third-order valence-electron chi connectivity index (χ3n) is 2.36. The fourth-order valence-corrected chi connectivity index (χ4v) is 1.26. The van der Waals surface area contributed by atoms with Crippen molar-refractivity contribution in [3.05, 3.63) is 36.4 Å². The maximum absolute atomic E-state index is 9.82. The molecule has 0 spiro atoms. The van der Waals surface area contributed by atoms with Gasteiger partial charge in [-0.05, 0) is 33.5 Å². The van der Waals surface area contributed by atoms with E-state index in [-0.39, 0.29) is 12.6 Å². The van der Waals surface area contributed by atoms with E-state index in [0.717, 1.165) is 0 Å². The molecule has 0 aliphatic heterocycles. The van der Waals surface area contributed by atoms with Gasteiger partial charge < -0.3 is 14.7 Å². The predicted molar refractivity (Wildman–Crippen MR) is 95.0 cm³/mol. The van der Waals surface area contributed by atoms with Crippen LogP contribution in [-0.2, 0) is 9.53 Å². The van der Waals surface area contributed by atoms with E-state index in [9.17, 15) is 4.79 Å². The van der Waals surface area contributed by atoms with Gasteiger partial charge in [-0.2, -0.15) is 0 Å². The van der Waals surface area contributed by atoms with Gasteiger partial charge in [0.1, 0.15) is 0 Å². The quantitative estimate of drug-likeness (QED) is 0.863. The van der Waals surface area contributed by atoms with Crippen molar-refractivity contribution in [3.8, 4) is 0 Å². The lowest BCUT2D eigenvalue weighted by Gasteiger charge is -2.13. The number of rotatable bonds is 4. The van der Waals surface area contributed by atoms with Gasteiger partial charge in [0.15, 0.2) is 0 Å². The van der Waals surface area contributed by atoms with Crippen LogP contribution in [0.25, 0.3) is 0 Å². The van der Waals surface area contributed by atoms with Crippen molar-refractivity contribution in [2.24, 2.45) is 0 Å².